The van der Waals surface area contributed by atoms with Crippen LogP contribution in [0.3, 0.4) is 0 Å². The van der Waals surface area contributed by atoms with Gasteiger partial charge in [0.25, 0.3) is 0 Å². The average molecular weight is 297 g/mol. The lowest BCUT2D eigenvalue weighted by Gasteiger charge is -2.13. The number of carboxylic acid groups (broad SMARTS) is 2. The number of hydrogen-bond acceptors (Lipinski definition) is 5. The summed E-state index contributed by atoms with van der Waals surface area (Å²) >= 11 is 0. The highest BCUT2D eigenvalue weighted by Crippen LogP contribution is 2.06. The summed E-state index contributed by atoms with van der Waals surface area (Å²) in [5.41, 5.74) is 0.677. The SMILES string of the molecule is COc1ccc(CNC(=O)N[C@H](CC(=O)O)C(=O)O)cn1. The summed E-state index contributed by atoms with van der Waals surface area (Å²) in [4.78, 5) is 36.7. The Hall–Kier alpha value is -2.84. The Balaban J connectivity index is 2.48. The van der Waals surface area contributed by atoms with Crippen LogP contribution in [0.1, 0.15) is 12.0 Å². The van der Waals surface area contributed by atoms with Gasteiger partial charge in [0.15, 0.2) is 0 Å². The van der Waals surface area contributed by atoms with E-state index in [1.165, 1.54) is 13.3 Å². The van der Waals surface area contributed by atoms with E-state index in [-0.39, 0.29) is 6.54 Å². The summed E-state index contributed by atoms with van der Waals surface area (Å²) in [6, 6.07) is 1.02. The molecule has 0 aliphatic heterocycles. The molecule has 1 aromatic heterocycles. The first-order chi connectivity index (χ1) is 9.92. The molecule has 1 atom stereocenters. The minimum Gasteiger partial charge on any atom is -0.481 e. The lowest BCUT2D eigenvalue weighted by molar-refractivity contribution is -0.145. The fourth-order valence-corrected chi connectivity index (χ4v) is 1.40. The Morgan fingerprint density at radius 2 is 2.05 bits per heavy atom. The molecular weight excluding hydrogens is 282 g/mol. The maximum atomic E-state index is 11.5. The van der Waals surface area contributed by atoms with Gasteiger partial charge in [-0.1, -0.05) is 6.07 Å². The number of carboxylic acids is 2. The molecule has 1 rings (SSSR count). The zero-order valence-electron chi connectivity index (χ0n) is 11.2. The molecule has 2 amide bonds. The summed E-state index contributed by atoms with van der Waals surface area (Å²) in [5, 5.41) is 21.8. The molecule has 21 heavy (non-hydrogen) atoms. The Morgan fingerprint density at radius 1 is 1.33 bits per heavy atom. The number of pyridine rings is 1. The van der Waals surface area contributed by atoms with Crippen molar-refractivity contribution in [3.05, 3.63) is 23.9 Å². The standard InChI is InChI=1S/C12H15N3O6/c1-21-9-3-2-7(5-13-9)6-14-12(20)15-8(11(18)19)4-10(16)17/h2-3,5,8H,4,6H2,1H3,(H,16,17)(H,18,19)(H2,14,15,20)/t8-/m1/s1. The largest absolute Gasteiger partial charge is 0.481 e. The monoisotopic (exact) mass is 297 g/mol. The highest BCUT2D eigenvalue weighted by Gasteiger charge is 2.22. The second-order valence-electron chi connectivity index (χ2n) is 4.02. The molecular formula is C12H15N3O6. The lowest BCUT2D eigenvalue weighted by atomic mass is 10.2. The van der Waals surface area contributed by atoms with E-state index in [1.54, 1.807) is 12.1 Å². The number of hydrogen-bond donors (Lipinski definition) is 4. The van der Waals surface area contributed by atoms with Crippen LogP contribution in [-0.2, 0) is 16.1 Å². The van der Waals surface area contributed by atoms with Gasteiger partial charge in [0.05, 0.1) is 13.5 Å². The molecule has 0 aliphatic rings. The van der Waals surface area contributed by atoms with Gasteiger partial charge in [0.1, 0.15) is 6.04 Å². The smallest absolute Gasteiger partial charge is 0.326 e. The number of carbonyl (C=O) groups excluding carboxylic acids is 1. The summed E-state index contributed by atoms with van der Waals surface area (Å²) < 4.78 is 4.88. The third-order valence-electron chi connectivity index (χ3n) is 2.44. The maximum Gasteiger partial charge on any atom is 0.326 e. The molecule has 9 heteroatoms. The third-order valence-corrected chi connectivity index (χ3v) is 2.44. The van der Waals surface area contributed by atoms with Gasteiger partial charge in [-0.15, -0.1) is 0 Å². The molecule has 114 valence electrons. The van der Waals surface area contributed by atoms with E-state index in [4.69, 9.17) is 14.9 Å². The van der Waals surface area contributed by atoms with Crippen molar-refractivity contribution in [1.82, 2.24) is 15.6 Å². The van der Waals surface area contributed by atoms with Crippen LogP contribution in [0.15, 0.2) is 18.3 Å². The fourth-order valence-electron chi connectivity index (χ4n) is 1.40. The Bertz CT molecular complexity index is 516. The number of aromatic nitrogens is 1. The fraction of sp³-hybridized carbons (Fsp3) is 0.333. The van der Waals surface area contributed by atoms with Gasteiger partial charge in [0.2, 0.25) is 5.88 Å². The molecule has 9 nitrogen and oxygen atoms in total. The van der Waals surface area contributed by atoms with Gasteiger partial charge in [-0.05, 0) is 5.56 Å². The molecule has 0 radical (unpaired) electrons. The molecule has 1 aromatic rings. The topological polar surface area (TPSA) is 138 Å². The second kappa shape index (κ2) is 7.68. The Kier molecular flexibility index (Phi) is 5.93. The van der Waals surface area contributed by atoms with Crippen molar-refractivity contribution in [2.45, 2.75) is 19.0 Å². The first-order valence-electron chi connectivity index (χ1n) is 5.90. The van der Waals surface area contributed by atoms with Crippen molar-refractivity contribution in [1.29, 1.82) is 0 Å². The van der Waals surface area contributed by atoms with Gasteiger partial charge >= 0.3 is 18.0 Å². The van der Waals surface area contributed by atoms with E-state index in [9.17, 15) is 14.4 Å². The Labute approximate surface area is 119 Å². The molecule has 0 bridgehead atoms. The Morgan fingerprint density at radius 3 is 2.52 bits per heavy atom. The molecule has 1 heterocycles. The zero-order chi connectivity index (χ0) is 15.8. The minimum atomic E-state index is -1.49. The van der Waals surface area contributed by atoms with Gasteiger partial charge in [-0.2, -0.15) is 0 Å². The first kappa shape index (κ1) is 16.2. The van der Waals surface area contributed by atoms with E-state index in [0.717, 1.165) is 0 Å². The molecule has 0 saturated carbocycles. The van der Waals surface area contributed by atoms with Crippen LogP contribution in [0.4, 0.5) is 4.79 Å². The van der Waals surface area contributed by atoms with Crippen molar-refractivity contribution in [3.63, 3.8) is 0 Å². The van der Waals surface area contributed by atoms with Gasteiger partial charge in [-0.3, -0.25) is 4.79 Å². The number of nitrogens with zero attached hydrogens (tertiary/aromatic N) is 1. The molecule has 4 N–H and O–H groups in total. The number of urea groups is 1. The molecule has 0 fully saturated rings. The van der Waals surface area contributed by atoms with Crippen molar-refractivity contribution in [3.8, 4) is 5.88 Å². The summed E-state index contributed by atoms with van der Waals surface area (Å²) in [6.07, 6.45) is 0.790. The van der Waals surface area contributed by atoms with Gasteiger partial charge < -0.3 is 25.6 Å². The van der Waals surface area contributed by atoms with Gasteiger partial charge in [-0.25, -0.2) is 14.6 Å². The number of amides is 2. The predicted octanol–water partition coefficient (Wildman–Crippen LogP) is -0.183. The highest BCUT2D eigenvalue weighted by molar-refractivity contribution is 5.86. The molecule has 0 saturated heterocycles. The van der Waals surface area contributed by atoms with Crippen LogP contribution in [0.5, 0.6) is 5.88 Å². The van der Waals surface area contributed by atoms with E-state index < -0.39 is 30.4 Å². The van der Waals surface area contributed by atoms with Crippen LogP contribution in [-0.4, -0.2) is 46.3 Å². The van der Waals surface area contributed by atoms with Crippen LogP contribution >= 0.6 is 0 Å². The number of rotatable bonds is 7. The average Bonchev–Trinajstić information content (AvgIpc) is 2.44. The van der Waals surface area contributed by atoms with Crippen LogP contribution in [0, 0.1) is 0 Å². The quantitative estimate of drug-likeness (QED) is 0.547. The number of carbonyl (C=O) groups is 3. The summed E-state index contributed by atoms with van der Waals surface area (Å²) in [7, 11) is 1.47. The maximum absolute atomic E-state index is 11.5. The molecule has 0 spiro atoms. The first-order valence-corrected chi connectivity index (χ1v) is 5.90. The summed E-state index contributed by atoms with van der Waals surface area (Å²) in [5.74, 6) is -2.31. The number of nitrogens with one attached hydrogen (secondary N) is 2. The van der Waals surface area contributed by atoms with Crippen molar-refractivity contribution >= 4 is 18.0 Å². The zero-order valence-corrected chi connectivity index (χ0v) is 11.2. The number of ether oxygens (including phenoxy) is 1. The molecule has 0 aromatic carbocycles. The van der Waals surface area contributed by atoms with Crippen LogP contribution in [0.25, 0.3) is 0 Å². The third kappa shape index (κ3) is 5.76. The molecule has 0 aliphatic carbocycles. The van der Waals surface area contributed by atoms with E-state index in [0.29, 0.717) is 11.4 Å². The predicted molar refractivity (Wildman–Crippen MR) is 69.8 cm³/mol. The van der Waals surface area contributed by atoms with E-state index >= 15 is 0 Å². The molecule has 0 unspecified atom stereocenters. The minimum absolute atomic E-state index is 0.113. The highest BCUT2D eigenvalue weighted by atomic mass is 16.5. The van der Waals surface area contributed by atoms with Crippen molar-refractivity contribution < 1.29 is 29.3 Å². The summed E-state index contributed by atoms with van der Waals surface area (Å²) in [6.45, 7) is 0.113. The van der Waals surface area contributed by atoms with Crippen molar-refractivity contribution in [2.75, 3.05) is 7.11 Å². The van der Waals surface area contributed by atoms with Gasteiger partial charge in [0, 0.05) is 18.8 Å². The lowest BCUT2D eigenvalue weighted by Crippen LogP contribution is -2.46. The second-order valence-corrected chi connectivity index (χ2v) is 4.02. The van der Waals surface area contributed by atoms with Crippen LogP contribution < -0.4 is 15.4 Å². The number of aliphatic carboxylic acids is 2. The number of methoxy groups -OCH3 is 1. The van der Waals surface area contributed by atoms with E-state index in [1.807, 2.05) is 0 Å². The van der Waals surface area contributed by atoms with Crippen LogP contribution in [0.2, 0.25) is 0 Å². The van der Waals surface area contributed by atoms with E-state index in [2.05, 4.69) is 15.6 Å². The van der Waals surface area contributed by atoms with Crippen molar-refractivity contribution in [2.24, 2.45) is 0 Å². The normalized spacial score (nSPS) is 11.3.